The minimum absolute atomic E-state index is 0.0223. The maximum Gasteiger partial charge on any atom is 0.326 e. The number of hydrogen-bond donors (Lipinski definition) is 15. The summed E-state index contributed by atoms with van der Waals surface area (Å²) < 4.78 is 0. The summed E-state index contributed by atoms with van der Waals surface area (Å²) in [6, 6.07) is -6.71. The van der Waals surface area contributed by atoms with Crippen LogP contribution in [0.1, 0.15) is 97.5 Å². The summed E-state index contributed by atoms with van der Waals surface area (Å²) in [6.45, 7) is 5.87. The molecule has 0 saturated carbocycles. The molecule has 9 atom stereocenters. The first-order chi connectivity index (χ1) is 32.8. The van der Waals surface area contributed by atoms with Crippen LogP contribution in [-0.2, 0) is 59.2 Å². The number of aliphatic carboxylic acids is 2. The molecule has 0 unspecified atom stereocenters. The van der Waals surface area contributed by atoms with Crippen LogP contribution in [0.15, 0.2) is 24.3 Å². The SMILES string of the molecule is CC[C@H](C)[C@H](NC(=O)[C@H](CCCCN)NC(=O)[C@H](CC(N)=O)NC(=O)[C@@H](N)CCC(=O)O)C(=O)N[C@@H](CO)C(=O)N[C@@H](Cc1ccc(O)cc1)C(=O)N[C@@H](CCC(N)=O)C(=O)N[C@@H](CC(C)C)C(=O)O. The highest BCUT2D eigenvalue weighted by Crippen LogP contribution is 2.14. The van der Waals surface area contributed by atoms with Gasteiger partial charge in [-0.15, -0.1) is 0 Å². The summed E-state index contributed by atoms with van der Waals surface area (Å²) in [6.07, 6.45) is -1.72. The monoisotopic (exact) mass is 994 g/mol. The van der Waals surface area contributed by atoms with E-state index < -0.39 is 145 Å². The lowest BCUT2D eigenvalue weighted by Gasteiger charge is -2.29. The van der Waals surface area contributed by atoms with Crippen LogP contribution >= 0.6 is 0 Å². The summed E-state index contributed by atoms with van der Waals surface area (Å²) in [5.41, 5.74) is 22.4. The molecule has 0 spiro atoms. The van der Waals surface area contributed by atoms with Gasteiger partial charge < -0.3 is 80.6 Å². The Hall–Kier alpha value is -6.93. The average Bonchev–Trinajstić information content (AvgIpc) is 3.28. The summed E-state index contributed by atoms with van der Waals surface area (Å²) in [5, 5.41) is 55.7. The minimum atomic E-state index is -1.78. The highest BCUT2D eigenvalue weighted by atomic mass is 16.4. The van der Waals surface area contributed by atoms with Crippen LogP contribution in [0.2, 0.25) is 0 Å². The number of phenols is 1. The molecule has 1 aromatic carbocycles. The Bertz CT molecular complexity index is 1970. The molecule has 0 aliphatic rings. The van der Waals surface area contributed by atoms with Crippen molar-refractivity contribution in [3.8, 4) is 5.75 Å². The minimum Gasteiger partial charge on any atom is -0.508 e. The van der Waals surface area contributed by atoms with Crippen LogP contribution in [0.4, 0.5) is 0 Å². The third-order valence-corrected chi connectivity index (χ3v) is 10.9. The van der Waals surface area contributed by atoms with Crippen molar-refractivity contribution in [3.63, 3.8) is 0 Å². The van der Waals surface area contributed by atoms with Crippen molar-refractivity contribution in [1.29, 1.82) is 0 Å². The van der Waals surface area contributed by atoms with Crippen LogP contribution < -0.4 is 60.2 Å². The van der Waals surface area contributed by atoms with E-state index in [9.17, 15) is 68.1 Å². The number of carboxylic acids is 2. The van der Waals surface area contributed by atoms with Gasteiger partial charge in [0.2, 0.25) is 53.2 Å². The number of aromatic hydroxyl groups is 1. The number of hydrogen-bond acceptors (Lipinski definition) is 15. The Kier molecular flexibility index (Phi) is 27.3. The van der Waals surface area contributed by atoms with Gasteiger partial charge in [-0.05, 0) is 74.6 Å². The lowest BCUT2D eigenvalue weighted by molar-refractivity contribution is -0.143. The molecule has 0 aromatic heterocycles. The van der Waals surface area contributed by atoms with Gasteiger partial charge in [0.15, 0.2) is 0 Å². The fourth-order valence-corrected chi connectivity index (χ4v) is 6.69. The maximum atomic E-state index is 14.0. The Morgan fingerprint density at radius 1 is 0.586 bits per heavy atom. The Labute approximate surface area is 404 Å². The van der Waals surface area contributed by atoms with Gasteiger partial charge in [-0.2, -0.15) is 0 Å². The molecule has 392 valence electrons. The standard InChI is InChI=1S/C44H71N11O15/c1-5-23(4)36(55-39(64)27(8-6-7-17-45)49-41(66)30(20-34(48)59)51-37(62)26(46)13-16-35(60)61)43(68)54-32(21-56)42(67)52-29(19-24-9-11-25(57)12-10-24)40(65)50-28(14-15-33(47)58)38(63)53-31(44(69)70)18-22(2)3/h9-12,22-23,26-32,36,56-57H,5-8,13-21,45-46H2,1-4H3,(H2,47,58)(H2,48,59)(H,49,66)(H,50,65)(H,51,62)(H,52,67)(H,53,63)(H,54,68)(H,55,64)(H,60,61)(H,69,70)/t23-,26-,27-,28-,29-,30-,31-,32-,36-/m0/s1. The molecule has 26 nitrogen and oxygen atoms in total. The molecular formula is C44H71N11O15. The van der Waals surface area contributed by atoms with Crippen LogP contribution in [0.25, 0.3) is 0 Å². The maximum absolute atomic E-state index is 14.0. The smallest absolute Gasteiger partial charge is 0.326 e. The number of unbranched alkanes of at least 4 members (excludes halogenated alkanes) is 1. The van der Waals surface area contributed by atoms with Crippen LogP contribution in [0.5, 0.6) is 5.75 Å². The molecule has 0 aliphatic carbocycles. The predicted octanol–water partition coefficient (Wildman–Crippen LogP) is -4.04. The quantitative estimate of drug-likeness (QED) is 0.0292. The summed E-state index contributed by atoms with van der Waals surface area (Å²) in [7, 11) is 0. The number of rotatable bonds is 34. The van der Waals surface area contributed by atoms with Gasteiger partial charge in [-0.1, -0.05) is 46.2 Å². The number of benzene rings is 1. The number of carbonyl (C=O) groups excluding carboxylic acids is 9. The average molecular weight is 994 g/mol. The molecule has 0 saturated heterocycles. The molecule has 19 N–H and O–H groups in total. The van der Waals surface area contributed by atoms with E-state index in [0.717, 1.165) is 0 Å². The van der Waals surface area contributed by atoms with E-state index in [1.54, 1.807) is 27.7 Å². The number of carbonyl (C=O) groups is 11. The van der Waals surface area contributed by atoms with E-state index in [-0.39, 0.29) is 63.2 Å². The molecule has 70 heavy (non-hydrogen) atoms. The number of carboxylic acid groups (broad SMARTS) is 2. The topological polar surface area (TPSA) is 457 Å². The second-order valence-corrected chi connectivity index (χ2v) is 17.3. The van der Waals surface area contributed by atoms with E-state index >= 15 is 0 Å². The molecule has 0 radical (unpaired) electrons. The lowest BCUT2D eigenvalue weighted by atomic mass is 9.97. The molecular weight excluding hydrogens is 923 g/mol. The highest BCUT2D eigenvalue weighted by Gasteiger charge is 2.36. The lowest BCUT2D eigenvalue weighted by Crippen LogP contribution is -2.62. The van der Waals surface area contributed by atoms with Crippen molar-refractivity contribution >= 4 is 65.1 Å². The summed E-state index contributed by atoms with van der Waals surface area (Å²) >= 11 is 0. The number of primary amides is 2. The number of phenolic OH excluding ortho intramolecular Hbond substituents is 1. The van der Waals surface area contributed by atoms with Gasteiger partial charge in [0.05, 0.1) is 19.1 Å². The Balaban J connectivity index is 3.48. The van der Waals surface area contributed by atoms with Gasteiger partial charge >= 0.3 is 11.9 Å². The molecule has 9 amide bonds. The molecule has 0 aliphatic heterocycles. The number of aliphatic hydroxyl groups excluding tert-OH is 1. The van der Waals surface area contributed by atoms with Crippen molar-refractivity contribution in [3.05, 3.63) is 29.8 Å². The van der Waals surface area contributed by atoms with Crippen LogP contribution in [0, 0.1) is 11.8 Å². The highest BCUT2D eigenvalue weighted by molar-refractivity contribution is 5.98. The molecule has 0 bridgehead atoms. The van der Waals surface area contributed by atoms with Crippen molar-refractivity contribution < 1.29 is 73.2 Å². The van der Waals surface area contributed by atoms with E-state index in [4.69, 9.17) is 28.0 Å². The molecule has 0 heterocycles. The first-order valence-corrected chi connectivity index (χ1v) is 22.8. The third-order valence-electron chi connectivity index (χ3n) is 10.9. The molecule has 26 heteroatoms. The predicted molar refractivity (Wildman–Crippen MR) is 249 cm³/mol. The summed E-state index contributed by atoms with van der Waals surface area (Å²) in [4.78, 5) is 142. The first-order valence-electron chi connectivity index (χ1n) is 22.8. The van der Waals surface area contributed by atoms with Crippen molar-refractivity contribution in [2.45, 2.75) is 147 Å². The largest absolute Gasteiger partial charge is 0.508 e. The molecule has 1 rings (SSSR count). The van der Waals surface area contributed by atoms with E-state index in [1.165, 1.54) is 24.3 Å². The van der Waals surface area contributed by atoms with Gasteiger partial charge in [-0.25, -0.2) is 4.79 Å². The van der Waals surface area contributed by atoms with Crippen LogP contribution in [0.3, 0.4) is 0 Å². The Morgan fingerprint density at radius 3 is 1.60 bits per heavy atom. The zero-order chi connectivity index (χ0) is 53.2. The van der Waals surface area contributed by atoms with E-state index in [2.05, 4.69) is 37.2 Å². The van der Waals surface area contributed by atoms with Crippen molar-refractivity contribution in [2.75, 3.05) is 13.2 Å². The van der Waals surface area contributed by atoms with Gasteiger partial charge in [0, 0.05) is 19.3 Å². The number of amides is 9. The normalized spacial score (nSPS) is 14.9. The third kappa shape index (κ3) is 22.9. The van der Waals surface area contributed by atoms with Gasteiger partial charge in [0.25, 0.3) is 0 Å². The van der Waals surface area contributed by atoms with Crippen LogP contribution in [-0.4, -0.2) is 147 Å². The second-order valence-electron chi connectivity index (χ2n) is 17.3. The number of aliphatic hydroxyl groups is 1. The first kappa shape index (κ1) is 61.1. The fourth-order valence-electron chi connectivity index (χ4n) is 6.69. The van der Waals surface area contributed by atoms with Gasteiger partial charge in [0.1, 0.15) is 48.0 Å². The molecule has 1 aromatic rings. The second kappa shape index (κ2) is 31.2. The van der Waals surface area contributed by atoms with Crippen molar-refractivity contribution in [2.24, 2.45) is 34.8 Å². The molecule has 0 fully saturated rings. The summed E-state index contributed by atoms with van der Waals surface area (Å²) in [5.74, 6) is -12.5. The Morgan fingerprint density at radius 2 is 1.09 bits per heavy atom. The van der Waals surface area contributed by atoms with E-state index in [0.29, 0.717) is 12.0 Å². The zero-order valence-electron chi connectivity index (χ0n) is 39.9. The number of nitrogens with one attached hydrogen (secondary N) is 7. The number of nitrogens with two attached hydrogens (primary N) is 4. The van der Waals surface area contributed by atoms with E-state index in [1.807, 2.05) is 0 Å². The van der Waals surface area contributed by atoms with Gasteiger partial charge in [-0.3, -0.25) is 47.9 Å². The van der Waals surface area contributed by atoms with Crippen molar-refractivity contribution in [1.82, 2.24) is 37.2 Å². The zero-order valence-corrected chi connectivity index (χ0v) is 39.9. The fraction of sp³-hybridized carbons (Fsp3) is 0.614.